The van der Waals surface area contributed by atoms with Crippen LogP contribution in [0.1, 0.15) is 63.2 Å². The Labute approximate surface area is 193 Å². The highest BCUT2D eigenvalue weighted by molar-refractivity contribution is 5.69. The molecule has 2 aliphatic rings. The fraction of sp³-hybridized carbons (Fsp3) is 0.519. The molecule has 2 heterocycles. The number of rotatable bonds is 4. The van der Waals surface area contributed by atoms with Crippen LogP contribution in [0.5, 0.6) is 0 Å². The van der Waals surface area contributed by atoms with Crippen LogP contribution in [0.4, 0.5) is 4.79 Å². The first-order valence-electron chi connectivity index (χ1n) is 11.8. The van der Waals surface area contributed by atoms with E-state index in [0.717, 1.165) is 25.8 Å². The first kappa shape index (κ1) is 22.8. The van der Waals surface area contributed by atoms with Crippen molar-refractivity contribution >= 4 is 6.09 Å². The van der Waals surface area contributed by atoms with E-state index < -0.39 is 5.60 Å². The number of likely N-dealkylation sites (tertiary alicyclic amines) is 1. The van der Waals surface area contributed by atoms with E-state index in [4.69, 9.17) is 4.74 Å². The summed E-state index contributed by atoms with van der Waals surface area (Å²) in [7, 11) is 4.46. The first-order valence-corrected chi connectivity index (χ1v) is 11.8. The predicted molar refractivity (Wildman–Crippen MR) is 128 cm³/mol. The number of likely N-dealkylation sites (N-methyl/N-ethyl adjacent to an activating group) is 2. The Bertz CT molecular complexity index is 845. The predicted octanol–water partition coefficient (Wildman–Crippen LogP) is 5.46. The minimum absolute atomic E-state index is 0.178. The number of benzene rings is 2. The van der Waals surface area contributed by atoms with Gasteiger partial charge >= 0.3 is 6.09 Å². The smallest absolute Gasteiger partial charge is 0.410 e. The van der Waals surface area contributed by atoms with Gasteiger partial charge in [-0.2, -0.15) is 0 Å². The van der Waals surface area contributed by atoms with E-state index in [2.05, 4.69) is 84.6 Å². The molecular formula is C27H37N3O2. The molecule has 3 atom stereocenters. The van der Waals surface area contributed by atoms with Crippen molar-refractivity contribution in [1.82, 2.24) is 14.7 Å². The SMILES string of the molecule is CN1C(C[C@H]2CCCN2C(=O)OC(C)(C)C)N(C)[C@@H](c2ccccc2)[C@@H]1c1ccccc1. The lowest BCUT2D eigenvalue weighted by molar-refractivity contribution is 0.0173. The van der Waals surface area contributed by atoms with Crippen LogP contribution >= 0.6 is 0 Å². The standard InChI is InChI=1S/C27H37N3O2/c1-27(2,3)32-26(31)30-18-12-17-22(30)19-23-28(4)24(20-13-8-6-9-14-20)25(29(23)5)21-15-10-7-11-16-21/h6-11,13-16,22-25H,12,17-19H2,1-5H3/t22-,24+,25+/m1/s1. The molecule has 5 heteroatoms. The molecule has 172 valence electrons. The molecule has 2 aromatic rings. The van der Waals surface area contributed by atoms with Crippen molar-refractivity contribution in [1.29, 1.82) is 0 Å². The highest BCUT2D eigenvalue weighted by atomic mass is 16.6. The molecule has 2 aliphatic heterocycles. The van der Waals surface area contributed by atoms with Gasteiger partial charge < -0.3 is 9.64 Å². The Balaban J connectivity index is 1.59. The van der Waals surface area contributed by atoms with Crippen molar-refractivity contribution in [3.8, 4) is 0 Å². The summed E-state index contributed by atoms with van der Waals surface area (Å²) in [5.74, 6) is 0. The number of nitrogens with zero attached hydrogens (tertiary/aromatic N) is 3. The normalized spacial score (nSPS) is 25.4. The zero-order valence-electron chi connectivity index (χ0n) is 20.1. The number of hydrogen-bond acceptors (Lipinski definition) is 4. The third kappa shape index (κ3) is 4.69. The van der Waals surface area contributed by atoms with E-state index in [0.29, 0.717) is 0 Å². The minimum Gasteiger partial charge on any atom is -0.444 e. The molecule has 0 aliphatic carbocycles. The van der Waals surface area contributed by atoms with Gasteiger partial charge in [-0.25, -0.2) is 4.79 Å². The highest BCUT2D eigenvalue weighted by Crippen LogP contribution is 2.46. The molecular weight excluding hydrogens is 398 g/mol. The van der Waals surface area contributed by atoms with Crippen LogP contribution in [0.2, 0.25) is 0 Å². The Morgan fingerprint density at radius 2 is 1.41 bits per heavy atom. The third-order valence-corrected chi connectivity index (χ3v) is 6.89. The summed E-state index contributed by atoms with van der Waals surface area (Å²) in [6.45, 7) is 6.58. The molecule has 1 amide bonds. The van der Waals surface area contributed by atoms with Crippen LogP contribution in [0, 0.1) is 0 Å². The van der Waals surface area contributed by atoms with Crippen LogP contribution in [-0.2, 0) is 4.74 Å². The van der Waals surface area contributed by atoms with E-state index >= 15 is 0 Å². The second-order valence-electron chi connectivity index (χ2n) is 10.2. The quantitative estimate of drug-likeness (QED) is 0.639. The summed E-state index contributed by atoms with van der Waals surface area (Å²) in [5, 5.41) is 0. The molecule has 0 saturated carbocycles. The number of amides is 1. The Morgan fingerprint density at radius 1 is 0.906 bits per heavy atom. The lowest BCUT2D eigenvalue weighted by Crippen LogP contribution is -2.45. The number of hydrogen-bond donors (Lipinski definition) is 0. The van der Waals surface area contributed by atoms with E-state index in [-0.39, 0.29) is 30.4 Å². The number of carbonyl (C=O) groups excluding carboxylic acids is 1. The molecule has 0 aromatic heterocycles. The van der Waals surface area contributed by atoms with Crippen LogP contribution in [0.15, 0.2) is 60.7 Å². The molecule has 0 bridgehead atoms. The van der Waals surface area contributed by atoms with Gasteiger partial charge in [-0.3, -0.25) is 9.80 Å². The van der Waals surface area contributed by atoms with Crippen molar-refractivity contribution < 1.29 is 9.53 Å². The zero-order chi connectivity index (χ0) is 22.9. The lowest BCUT2D eigenvalue weighted by Gasteiger charge is -2.34. The topological polar surface area (TPSA) is 36.0 Å². The molecule has 5 nitrogen and oxygen atoms in total. The molecule has 0 unspecified atom stereocenters. The first-order chi connectivity index (χ1) is 15.3. The maximum Gasteiger partial charge on any atom is 0.410 e. The van der Waals surface area contributed by atoms with Crippen LogP contribution in [0.3, 0.4) is 0 Å². The van der Waals surface area contributed by atoms with Crippen LogP contribution < -0.4 is 0 Å². The number of ether oxygens (including phenoxy) is 1. The summed E-state index contributed by atoms with van der Waals surface area (Å²) in [4.78, 5) is 19.8. The Kier molecular flexibility index (Phi) is 6.59. The van der Waals surface area contributed by atoms with Gasteiger partial charge in [-0.1, -0.05) is 60.7 Å². The molecule has 2 saturated heterocycles. The van der Waals surface area contributed by atoms with Crippen molar-refractivity contribution in [2.24, 2.45) is 0 Å². The minimum atomic E-state index is -0.470. The molecule has 0 N–H and O–H groups in total. The maximum absolute atomic E-state index is 12.9. The van der Waals surface area contributed by atoms with Gasteiger partial charge in [0.2, 0.25) is 0 Å². The monoisotopic (exact) mass is 435 g/mol. The summed E-state index contributed by atoms with van der Waals surface area (Å²) in [6.07, 6.45) is 3.04. The van der Waals surface area contributed by atoms with Gasteiger partial charge in [0, 0.05) is 12.6 Å². The molecule has 0 spiro atoms. The second-order valence-corrected chi connectivity index (χ2v) is 10.2. The largest absolute Gasteiger partial charge is 0.444 e. The average molecular weight is 436 g/mol. The Hall–Kier alpha value is -2.37. The van der Waals surface area contributed by atoms with Gasteiger partial charge in [-0.15, -0.1) is 0 Å². The van der Waals surface area contributed by atoms with Crippen molar-refractivity contribution in [2.75, 3.05) is 20.6 Å². The zero-order valence-corrected chi connectivity index (χ0v) is 20.1. The molecule has 0 radical (unpaired) electrons. The summed E-state index contributed by atoms with van der Waals surface area (Å²) in [5.41, 5.74) is 2.18. The Morgan fingerprint density at radius 3 is 1.88 bits per heavy atom. The van der Waals surface area contributed by atoms with E-state index in [1.165, 1.54) is 11.1 Å². The summed E-state index contributed by atoms with van der Waals surface area (Å²) < 4.78 is 5.71. The fourth-order valence-electron chi connectivity index (χ4n) is 5.46. The van der Waals surface area contributed by atoms with E-state index in [1.54, 1.807) is 0 Å². The van der Waals surface area contributed by atoms with Gasteiger partial charge in [-0.05, 0) is 65.3 Å². The number of carbonyl (C=O) groups is 1. The van der Waals surface area contributed by atoms with Crippen LogP contribution in [0.25, 0.3) is 0 Å². The average Bonchev–Trinajstić information content (AvgIpc) is 3.32. The van der Waals surface area contributed by atoms with E-state index in [1.807, 2.05) is 25.7 Å². The van der Waals surface area contributed by atoms with Crippen molar-refractivity contribution in [3.63, 3.8) is 0 Å². The van der Waals surface area contributed by atoms with Gasteiger partial charge in [0.1, 0.15) is 5.60 Å². The van der Waals surface area contributed by atoms with Gasteiger partial charge in [0.25, 0.3) is 0 Å². The molecule has 2 fully saturated rings. The third-order valence-electron chi connectivity index (χ3n) is 6.89. The van der Waals surface area contributed by atoms with E-state index in [9.17, 15) is 4.79 Å². The summed E-state index contributed by atoms with van der Waals surface area (Å²) >= 11 is 0. The van der Waals surface area contributed by atoms with Gasteiger partial charge in [0.15, 0.2) is 0 Å². The second kappa shape index (κ2) is 9.24. The lowest BCUT2D eigenvalue weighted by atomic mass is 9.93. The summed E-state index contributed by atoms with van der Waals surface area (Å²) in [6, 6.07) is 22.3. The van der Waals surface area contributed by atoms with Gasteiger partial charge in [0.05, 0.1) is 18.2 Å². The molecule has 32 heavy (non-hydrogen) atoms. The molecule has 2 aromatic carbocycles. The van der Waals surface area contributed by atoms with Crippen LogP contribution in [-0.4, -0.2) is 59.2 Å². The van der Waals surface area contributed by atoms with Crippen molar-refractivity contribution in [2.45, 2.75) is 69.9 Å². The highest BCUT2D eigenvalue weighted by Gasteiger charge is 2.46. The molecule has 4 rings (SSSR count). The fourth-order valence-corrected chi connectivity index (χ4v) is 5.46. The van der Waals surface area contributed by atoms with Crippen molar-refractivity contribution in [3.05, 3.63) is 71.8 Å². The maximum atomic E-state index is 12.9.